The van der Waals surface area contributed by atoms with Crippen molar-refractivity contribution < 1.29 is 13.6 Å². The van der Waals surface area contributed by atoms with E-state index in [1.54, 1.807) is 17.3 Å². The van der Waals surface area contributed by atoms with E-state index in [0.29, 0.717) is 40.7 Å². The van der Waals surface area contributed by atoms with Gasteiger partial charge in [0.25, 0.3) is 5.91 Å². The molecule has 0 unspecified atom stereocenters. The number of rotatable bonds is 8. The topological polar surface area (TPSA) is 88.0 Å². The molecule has 2 aromatic rings. The molecule has 0 radical (unpaired) electrons. The van der Waals surface area contributed by atoms with Gasteiger partial charge in [-0.2, -0.15) is 8.78 Å². The van der Waals surface area contributed by atoms with Gasteiger partial charge in [0.2, 0.25) is 0 Å². The van der Waals surface area contributed by atoms with Crippen LogP contribution in [0.4, 0.5) is 8.78 Å². The van der Waals surface area contributed by atoms with Crippen LogP contribution in [0.3, 0.4) is 0 Å². The molecule has 9 heteroatoms. The number of carbonyl (C=O) groups excluding carboxylic acids is 1. The number of nitrogens with zero attached hydrogens (tertiary/aromatic N) is 3. The van der Waals surface area contributed by atoms with Gasteiger partial charge in [-0.3, -0.25) is 10.2 Å². The molecular formula is C28H34ClF2N5O. The molecular weight excluding hydrogens is 496 g/mol. The number of imidazole rings is 1. The molecule has 5 aliphatic carbocycles. The van der Waals surface area contributed by atoms with Gasteiger partial charge in [-0.25, -0.2) is 4.98 Å². The maximum Gasteiger partial charge on any atom is 0.310 e. The maximum atomic E-state index is 14.8. The molecule has 0 spiro atoms. The largest absolute Gasteiger partial charge is 0.402 e. The number of para-hydroxylation sites is 1. The second kappa shape index (κ2) is 8.65. The molecule has 1 amide bonds. The van der Waals surface area contributed by atoms with Crippen LogP contribution in [0.15, 0.2) is 47.9 Å². The smallest absolute Gasteiger partial charge is 0.310 e. The third-order valence-corrected chi connectivity index (χ3v) is 9.54. The van der Waals surface area contributed by atoms with Crippen LogP contribution >= 0.6 is 11.6 Å². The summed E-state index contributed by atoms with van der Waals surface area (Å²) in [6.07, 6.45) is 3.36. The number of aromatic nitrogens is 2. The minimum absolute atomic E-state index is 0.0954. The number of nitrogens with one attached hydrogen (secondary N) is 1. The van der Waals surface area contributed by atoms with Crippen LogP contribution in [-0.2, 0) is 11.3 Å². The fourth-order valence-corrected chi connectivity index (χ4v) is 7.88. The van der Waals surface area contributed by atoms with Crippen molar-refractivity contribution in [3.8, 4) is 0 Å². The number of benzene rings is 1. The molecule has 4 bridgehead atoms. The van der Waals surface area contributed by atoms with Crippen molar-refractivity contribution in [2.75, 3.05) is 6.54 Å². The first-order valence-electron chi connectivity index (χ1n) is 12.8. The van der Waals surface area contributed by atoms with E-state index in [9.17, 15) is 13.6 Å². The Morgan fingerprint density at radius 3 is 2.46 bits per heavy atom. The molecule has 0 aliphatic heterocycles. The first-order valence-corrected chi connectivity index (χ1v) is 13.2. The zero-order valence-corrected chi connectivity index (χ0v) is 22.4. The van der Waals surface area contributed by atoms with Crippen LogP contribution in [0.25, 0.3) is 11.0 Å². The molecule has 1 aromatic carbocycles. The highest BCUT2D eigenvalue weighted by Crippen LogP contribution is 2.78. The van der Waals surface area contributed by atoms with Crippen LogP contribution in [0.1, 0.15) is 40.5 Å². The molecule has 6 nitrogen and oxygen atoms in total. The number of hydrogen-bond donors (Lipinski definition) is 2. The molecule has 5 fully saturated rings. The van der Waals surface area contributed by atoms with Gasteiger partial charge >= 0.3 is 5.92 Å². The van der Waals surface area contributed by atoms with Crippen molar-refractivity contribution in [2.45, 2.75) is 59.0 Å². The van der Waals surface area contributed by atoms with Crippen LogP contribution in [-0.4, -0.2) is 44.6 Å². The number of halogens is 3. The molecule has 0 atom stereocenters. The highest BCUT2D eigenvalue weighted by molar-refractivity contribution is 6.35. The standard InChI is InChI=1S/C28H34ClF2N5O/c1-14(2)28(30,31)25(33)21(15(3)32)26(37)36(16-11-17-22-18(12-16)23(17)27(22,4)5)10-9-35-13-34-20-8-6-7-19(29)24(20)35/h6-8,13,16-18,22-23,33H,1,9-12,32H2,2-5H3. The Labute approximate surface area is 221 Å². The Balaban J connectivity index is 1.45. The zero-order valence-electron chi connectivity index (χ0n) is 21.7. The van der Waals surface area contributed by atoms with Crippen molar-refractivity contribution in [3.05, 3.63) is 53.0 Å². The Morgan fingerprint density at radius 1 is 1.30 bits per heavy atom. The van der Waals surface area contributed by atoms with E-state index in [4.69, 9.17) is 22.7 Å². The summed E-state index contributed by atoms with van der Waals surface area (Å²) in [4.78, 5) is 20.0. The van der Waals surface area contributed by atoms with Crippen LogP contribution < -0.4 is 5.73 Å². The lowest BCUT2D eigenvalue weighted by molar-refractivity contribution is -0.320. The van der Waals surface area contributed by atoms with Gasteiger partial charge in [0.15, 0.2) is 0 Å². The molecule has 0 saturated heterocycles. The Bertz CT molecular complexity index is 1310. The summed E-state index contributed by atoms with van der Waals surface area (Å²) in [5.74, 6) is -1.84. The van der Waals surface area contributed by atoms with Crippen LogP contribution in [0.5, 0.6) is 0 Å². The summed E-state index contributed by atoms with van der Waals surface area (Å²) in [5.41, 5.74) is 5.70. The van der Waals surface area contributed by atoms with Gasteiger partial charge in [-0.1, -0.05) is 38.1 Å². The lowest BCUT2D eigenvalue weighted by Gasteiger charge is -2.80. The molecule has 1 heterocycles. The molecule has 7 rings (SSSR count). The summed E-state index contributed by atoms with van der Waals surface area (Å²) in [6.45, 7) is 11.2. The zero-order chi connectivity index (χ0) is 27.0. The normalized spacial score (nSPS) is 28.1. The predicted molar refractivity (Wildman–Crippen MR) is 142 cm³/mol. The van der Waals surface area contributed by atoms with Crippen molar-refractivity contribution >= 4 is 34.3 Å². The Morgan fingerprint density at radius 2 is 1.92 bits per heavy atom. The predicted octanol–water partition coefficient (Wildman–Crippen LogP) is 5.66. The second-order valence-corrected chi connectivity index (χ2v) is 12.1. The van der Waals surface area contributed by atoms with E-state index in [1.807, 2.05) is 16.7 Å². The lowest BCUT2D eigenvalue weighted by Crippen LogP contribution is -2.76. The number of amides is 1. The number of carbonyl (C=O) groups is 1. The van der Waals surface area contributed by atoms with Gasteiger partial charge in [-0.05, 0) is 73.5 Å². The average molecular weight is 530 g/mol. The minimum atomic E-state index is -3.66. The Hall–Kier alpha value is -2.74. The first kappa shape index (κ1) is 25.9. The fraction of sp³-hybridized carbons (Fsp3) is 0.536. The van der Waals surface area contributed by atoms with E-state index in [0.717, 1.165) is 30.8 Å². The molecule has 3 N–H and O–H groups in total. The van der Waals surface area contributed by atoms with E-state index in [1.165, 1.54) is 6.92 Å². The number of allylic oxidation sites excluding steroid dienone is 2. The van der Waals surface area contributed by atoms with Crippen molar-refractivity contribution in [2.24, 2.45) is 34.8 Å². The quantitative estimate of drug-likeness (QED) is 0.262. The van der Waals surface area contributed by atoms with E-state index < -0.39 is 28.7 Å². The monoisotopic (exact) mass is 529 g/mol. The number of alkyl halides is 2. The lowest BCUT2D eigenvalue weighted by atomic mass is 9.25. The van der Waals surface area contributed by atoms with Crippen molar-refractivity contribution in [3.63, 3.8) is 0 Å². The molecule has 1 aromatic heterocycles. The third-order valence-electron chi connectivity index (χ3n) is 9.23. The van der Waals surface area contributed by atoms with Gasteiger partial charge in [0, 0.05) is 24.8 Å². The molecule has 5 aliphatic rings. The number of nitrogens with two attached hydrogens (primary N) is 1. The average Bonchev–Trinajstić information content (AvgIpc) is 3.22. The van der Waals surface area contributed by atoms with E-state index in [2.05, 4.69) is 25.4 Å². The number of hydrogen-bond acceptors (Lipinski definition) is 4. The summed E-state index contributed by atoms with van der Waals surface area (Å²) < 4.78 is 31.6. The highest BCUT2D eigenvalue weighted by atomic mass is 35.5. The van der Waals surface area contributed by atoms with Crippen LogP contribution in [0, 0.1) is 34.5 Å². The summed E-state index contributed by atoms with van der Waals surface area (Å²) in [6, 6.07) is 5.38. The van der Waals surface area contributed by atoms with Gasteiger partial charge in [0.1, 0.15) is 5.71 Å². The summed E-state index contributed by atoms with van der Waals surface area (Å²) in [7, 11) is 0. The minimum Gasteiger partial charge on any atom is -0.402 e. The van der Waals surface area contributed by atoms with E-state index in [-0.39, 0.29) is 18.3 Å². The molecule has 5 saturated carbocycles. The second-order valence-electron chi connectivity index (χ2n) is 11.7. The Kier molecular flexibility index (Phi) is 6.05. The van der Waals surface area contributed by atoms with Crippen molar-refractivity contribution in [1.82, 2.24) is 14.5 Å². The van der Waals surface area contributed by atoms with Gasteiger partial charge in [-0.15, -0.1) is 0 Å². The molecule has 37 heavy (non-hydrogen) atoms. The van der Waals surface area contributed by atoms with Gasteiger partial charge < -0.3 is 15.2 Å². The summed E-state index contributed by atoms with van der Waals surface area (Å²) in [5, 5.41) is 8.82. The molecule has 198 valence electrons. The van der Waals surface area contributed by atoms with Gasteiger partial charge in [0.05, 0.1) is 28.0 Å². The fourth-order valence-electron chi connectivity index (χ4n) is 7.60. The van der Waals surface area contributed by atoms with Crippen molar-refractivity contribution in [1.29, 1.82) is 5.41 Å². The SMILES string of the molecule is C=C(C)C(F)(F)C(=N)C(C(=O)N(CCn1cnc2cccc(Cl)c21)C1CC2C3C(C1)C2C3(C)C)=C(C)N. The number of fused-ring (bicyclic) bond motifs is 3. The summed E-state index contributed by atoms with van der Waals surface area (Å²) >= 11 is 6.43. The maximum absolute atomic E-state index is 14.8. The first-order chi connectivity index (χ1) is 17.3. The van der Waals surface area contributed by atoms with Crippen LogP contribution in [0.2, 0.25) is 5.02 Å². The third kappa shape index (κ3) is 3.74. The van der Waals surface area contributed by atoms with E-state index >= 15 is 0 Å². The highest BCUT2D eigenvalue weighted by Gasteiger charge is 2.74.